The number of hydrogen-bond acceptors (Lipinski definition) is 4. The molecule has 2 aromatic carbocycles. The highest BCUT2D eigenvalue weighted by molar-refractivity contribution is 8.00. The van der Waals surface area contributed by atoms with E-state index in [0.717, 1.165) is 5.56 Å². The van der Waals surface area contributed by atoms with Crippen LogP contribution in [0, 0.1) is 0 Å². The van der Waals surface area contributed by atoms with Crippen molar-refractivity contribution in [3.8, 4) is 0 Å². The maximum absolute atomic E-state index is 12.5. The standard InChI is InChI=1S/C18H17NO4S/c20-18(19-13-14-7-3-1-4-8-14)16-17(15-9-5-2-6-10-15)24(21,22)12-11-23-16/h1-10H,11-13H2,(H,19,20). The Bertz CT molecular complexity index is 858. The van der Waals surface area contributed by atoms with Crippen LogP contribution >= 0.6 is 0 Å². The molecule has 0 aliphatic carbocycles. The minimum Gasteiger partial charge on any atom is -0.486 e. The Kier molecular flexibility index (Phi) is 4.66. The zero-order valence-electron chi connectivity index (χ0n) is 12.9. The van der Waals surface area contributed by atoms with Crippen LogP contribution in [0.2, 0.25) is 0 Å². The van der Waals surface area contributed by atoms with E-state index in [1.54, 1.807) is 30.3 Å². The summed E-state index contributed by atoms with van der Waals surface area (Å²) in [5, 5.41) is 2.72. The Hall–Kier alpha value is -2.60. The predicted molar refractivity (Wildman–Crippen MR) is 91.4 cm³/mol. The fourth-order valence-corrected chi connectivity index (χ4v) is 3.93. The molecule has 0 saturated heterocycles. The number of amides is 1. The van der Waals surface area contributed by atoms with Gasteiger partial charge in [0.2, 0.25) is 5.76 Å². The van der Waals surface area contributed by atoms with Crippen molar-refractivity contribution >= 4 is 20.6 Å². The number of ether oxygens (including phenoxy) is 1. The number of benzene rings is 2. The average molecular weight is 343 g/mol. The van der Waals surface area contributed by atoms with Gasteiger partial charge in [0.1, 0.15) is 11.5 Å². The smallest absolute Gasteiger partial charge is 0.288 e. The Morgan fingerprint density at radius 2 is 1.62 bits per heavy atom. The lowest BCUT2D eigenvalue weighted by Crippen LogP contribution is -2.32. The van der Waals surface area contributed by atoms with Gasteiger partial charge in [0.05, 0.1) is 5.75 Å². The van der Waals surface area contributed by atoms with Gasteiger partial charge in [-0.25, -0.2) is 8.42 Å². The van der Waals surface area contributed by atoms with E-state index in [1.807, 2.05) is 30.3 Å². The molecule has 6 heteroatoms. The van der Waals surface area contributed by atoms with Gasteiger partial charge in [0.25, 0.3) is 5.91 Å². The van der Waals surface area contributed by atoms with E-state index in [1.165, 1.54) is 0 Å². The normalized spacial score (nSPS) is 16.3. The third-order valence-corrected chi connectivity index (χ3v) is 5.40. The number of carbonyl (C=O) groups excluding carboxylic acids is 1. The highest BCUT2D eigenvalue weighted by Gasteiger charge is 2.33. The molecule has 1 aliphatic rings. The summed E-state index contributed by atoms with van der Waals surface area (Å²) in [4.78, 5) is 12.4. The van der Waals surface area contributed by atoms with Gasteiger partial charge in [0.15, 0.2) is 9.84 Å². The van der Waals surface area contributed by atoms with Crippen LogP contribution in [-0.4, -0.2) is 26.7 Å². The summed E-state index contributed by atoms with van der Waals surface area (Å²) in [6, 6.07) is 18.0. The maximum atomic E-state index is 12.5. The van der Waals surface area contributed by atoms with E-state index in [0.29, 0.717) is 12.1 Å². The summed E-state index contributed by atoms with van der Waals surface area (Å²) in [6.07, 6.45) is 0. The molecular formula is C18H17NO4S. The first-order chi connectivity index (χ1) is 11.6. The molecule has 0 bridgehead atoms. The summed E-state index contributed by atoms with van der Waals surface area (Å²) < 4.78 is 30.3. The van der Waals surface area contributed by atoms with Crippen LogP contribution in [0.5, 0.6) is 0 Å². The highest BCUT2D eigenvalue weighted by Crippen LogP contribution is 2.29. The van der Waals surface area contributed by atoms with E-state index in [4.69, 9.17) is 4.74 Å². The molecule has 0 atom stereocenters. The average Bonchev–Trinajstić information content (AvgIpc) is 2.60. The molecule has 0 unspecified atom stereocenters. The summed E-state index contributed by atoms with van der Waals surface area (Å²) in [6.45, 7) is 0.279. The van der Waals surface area contributed by atoms with Gasteiger partial charge in [-0.05, 0) is 11.1 Å². The minimum absolute atomic E-state index is 0.0211. The van der Waals surface area contributed by atoms with Gasteiger partial charge in [0, 0.05) is 6.54 Å². The number of sulfone groups is 1. The third kappa shape index (κ3) is 3.49. The van der Waals surface area contributed by atoms with Crippen molar-refractivity contribution in [1.29, 1.82) is 0 Å². The molecule has 24 heavy (non-hydrogen) atoms. The van der Waals surface area contributed by atoms with Crippen molar-refractivity contribution in [2.45, 2.75) is 6.54 Å². The van der Waals surface area contributed by atoms with Crippen molar-refractivity contribution in [2.24, 2.45) is 0 Å². The predicted octanol–water partition coefficient (Wildman–Crippen LogP) is 2.12. The molecule has 1 amide bonds. The molecule has 1 aliphatic heterocycles. The van der Waals surface area contributed by atoms with Gasteiger partial charge in [-0.3, -0.25) is 4.79 Å². The van der Waals surface area contributed by atoms with Gasteiger partial charge >= 0.3 is 0 Å². The van der Waals surface area contributed by atoms with Crippen molar-refractivity contribution in [2.75, 3.05) is 12.4 Å². The van der Waals surface area contributed by atoms with E-state index in [2.05, 4.69) is 5.32 Å². The second-order valence-electron chi connectivity index (χ2n) is 5.36. The summed E-state index contributed by atoms with van der Waals surface area (Å²) in [7, 11) is -3.56. The van der Waals surface area contributed by atoms with Crippen molar-refractivity contribution < 1.29 is 17.9 Å². The molecule has 2 aromatic rings. The van der Waals surface area contributed by atoms with Gasteiger partial charge < -0.3 is 10.1 Å². The molecule has 0 spiro atoms. The zero-order chi connectivity index (χ0) is 17.0. The summed E-state index contributed by atoms with van der Waals surface area (Å²) in [5.41, 5.74) is 1.38. The SMILES string of the molecule is O=C(NCc1ccccc1)C1=C(c2ccccc2)S(=O)(=O)CCO1. The van der Waals surface area contributed by atoms with E-state index in [-0.39, 0.29) is 23.0 Å². The molecule has 0 saturated carbocycles. The topological polar surface area (TPSA) is 72.5 Å². The molecule has 1 heterocycles. The van der Waals surface area contributed by atoms with Crippen LogP contribution in [0.1, 0.15) is 11.1 Å². The molecule has 0 fully saturated rings. The van der Waals surface area contributed by atoms with Crippen LogP contribution in [0.3, 0.4) is 0 Å². The first kappa shape index (κ1) is 16.3. The van der Waals surface area contributed by atoms with Crippen LogP contribution in [0.25, 0.3) is 4.91 Å². The Balaban J connectivity index is 1.92. The summed E-state index contributed by atoms with van der Waals surface area (Å²) >= 11 is 0. The van der Waals surface area contributed by atoms with Crippen molar-refractivity contribution in [3.05, 3.63) is 77.5 Å². The quantitative estimate of drug-likeness (QED) is 0.923. The number of nitrogens with one attached hydrogen (secondary N) is 1. The molecule has 1 N–H and O–H groups in total. The fraction of sp³-hybridized carbons (Fsp3) is 0.167. The van der Waals surface area contributed by atoms with Gasteiger partial charge in [-0.15, -0.1) is 0 Å². The Morgan fingerprint density at radius 3 is 2.29 bits per heavy atom. The first-order valence-corrected chi connectivity index (χ1v) is 9.20. The molecular weight excluding hydrogens is 326 g/mol. The Labute approximate surface area is 140 Å². The molecule has 5 nitrogen and oxygen atoms in total. The van der Waals surface area contributed by atoms with E-state index >= 15 is 0 Å². The molecule has 0 radical (unpaired) electrons. The zero-order valence-corrected chi connectivity index (χ0v) is 13.8. The van der Waals surface area contributed by atoms with Crippen LogP contribution < -0.4 is 5.32 Å². The van der Waals surface area contributed by atoms with Gasteiger partial charge in [-0.1, -0.05) is 60.7 Å². The van der Waals surface area contributed by atoms with Crippen LogP contribution in [-0.2, 0) is 25.9 Å². The lowest BCUT2D eigenvalue weighted by molar-refractivity contribution is -0.120. The van der Waals surface area contributed by atoms with Gasteiger partial charge in [-0.2, -0.15) is 0 Å². The lowest BCUT2D eigenvalue weighted by atomic mass is 10.2. The molecule has 3 rings (SSSR count). The number of rotatable bonds is 4. The maximum Gasteiger partial charge on any atom is 0.288 e. The number of hydrogen-bond donors (Lipinski definition) is 1. The fourth-order valence-electron chi connectivity index (χ4n) is 2.49. The highest BCUT2D eigenvalue weighted by atomic mass is 32.2. The second kappa shape index (κ2) is 6.88. The van der Waals surface area contributed by atoms with E-state index < -0.39 is 15.7 Å². The van der Waals surface area contributed by atoms with Crippen LogP contribution in [0.4, 0.5) is 0 Å². The monoisotopic (exact) mass is 343 g/mol. The molecule has 124 valence electrons. The summed E-state index contributed by atoms with van der Waals surface area (Å²) in [5.74, 6) is -0.795. The van der Waals surface area contributed by atoms with Crippen molar-refractivity contribution in [1.82, 2.24) is 5.32 Å². The molecule has 0 aromatic heterocycles. The van der Waals surface area contributed by atoms with Crippen molar-refractivity contribution in [3.63, 3.8) is 0 Å². The van der Waals surface area contributed by atoms with E-state index in [9.17, 15) is 13.2 Å². The second-order valence-corrected chi connectivity index (χ2v) is 7.41. The first-order valence-electron chi connectivity index (χ1n) is 7.55. The Morgan fingerprint density at radius 1 is 1.00 bits per heavy atom. The largest absolute Gasteiger partial charge is 0.486 e. The minimum atomic E-state index is -3.56. The third-order valence-electron chi connectivity index (χ3n) is 3.65. The van der Waals surface area contributed by atoms with Crippen LogP contribution in [0.15, 0.2) is 66.4 Å². The lowest BCUT2D eigenvalue weighted by Gasteiger charge is -2.21. The number of carbonyl (C=O) groups is 1.